The Bertz CT molecular complexity index is 771. The van der Waals surface area contributed by atoms with E-state index in [1.807, 2.05) is 18.2 Å². The van der Waals surface area contributed by atoms with E-state index in [4.69, 9.17) is 0 Å². The van der Waals surface area contributed by atoms with Gasteiger partial charge in [0.05, 0.1) is 0 Å². The van der Waals surface area contributed by atoms with Crippen LogP contribution in [0.3, 0.4) is 0 Å². The van der Waals surface area contributed by atoms with Crippen LogP contribution in [0.4, 0.5) is 0 Å². The number of rotatable bonds is 14. The molecule has 0 saturated carbocycles. The molecular weight excluding hydrogens is 464 g/mol. The average Bonchev–Trinajstić information content (AvgIpc) is 2.83. The lowest BCUT2D eigenvalue weighted by Gasteiger charge is -2.09. The Morgan fingerprint density at radius 1 is 0.781 bits per heavy atom. The maximum Gasteiger partial charge on any atom is 0.177 e. The maximum absolute atomic E-state index is 12.2. The van der Waals surface area contributed by atoms with E-state index in [1.165, 1.54) is 51.2 Å². The van der Waals surface area contributed by atoms with E-state index in [0.717, 1.165) is 17.3 Å². The van der Waals surface area contributed by atoms with Gasteiger partial charge in [0.1, 0.15) is 18.5 Å². The highest BCUT2D eigenvalue weighted by atomic mass is 79.9. The SMILES string of the molecule is CCCCCCC(C=O)CCCCC.O=CC(C(=O)c1ccccc1)c1ccc(Br)cc1. The monoisotopic (exact) mass is 500 g/mol. The van der Waals surface area contributed by atoms with Crippen LogP contribution in [0.15, 0.2) is 59.1 Å². The van der Waals surface area contributed by atoms with Crippen LogP contribution in [0.25, 0.3) is 0 Å². The molecule has 32 heavy (non-hydrogen) atoms. The molecule has 0 radical (unpaired) electrons. The molecule has 0 N–H and O–H groups in total. The molecule has 0 aromatic heterocycles. The van der Waals surface area contributed by atoms with Gasteiger partial charge in [-0.15, -0.1) is 0 Å². The molecule has 2 atom stereocenters. The minimum absolute atomic E-state index is 0.173. The largest absolute Gasteiger partial charge is 0.303 e. The minimum Gasteiger partial charge on any atom is -0.303 e. The van der Waals surface area contributed by atoms with E-state index >= 15 is 0 Å². The predicted molar refractivity (Wildman–Crippen MR) is 136 cm³/mol. The number of unbranched alkanes of at least 4 members (excludes halogenated alkanes) is 5. The van der Waals surface area contributed by atoms with Crippen molar-refractivity contribution >= 4 is 34.3 Å². The number of hydrogen-bond acceptors (Lipinski definition) is 3. The Morgan fingerprint density at radius 2 is 1.34 bits per heavy atom. The molecule has 4 heteroatoms. The predicted octanol–water partition coefficient (Wildman–Crippen LogP) is 7.97. The van der Waals surface area contributed by atoms with Crippen molar-refractivity contribution in [1.82, 2.24) is 0 Å². The number of aldehydes is 2. The van der Waals surface area contributed by atoms with Gasteiger partial charge in [-0.2, -0.15) is 0 Å². The molecule has 2 aromatic carbocycles. The Kier molecular flexibility index (Phi) is 15.3. The smallest absolute Gasteiger partial charge is 0.177 e. The van der Waals surface area contributed by atoms with Crippen molar-refractivity contribution in [2.75, 3.05) is 0 Å². The van der Waals surface area contributed by atoms with E-state index in [2.05, 4.69) is 29.8 Å². The van der Waals surface area contributed by atoms with Crippen molar-refractivity contribution in [2.24, 2.45) is 5.92 Å². The quantitative estimate of drug-likeness (QED) is 0.114. The van der Waals surface area contributed by atoms with E-state index in [9.17, 15) is 14.4 Å². The Morgan fingerprint density at radius 3 is 1.88 bits per heavy atom. The van der Waals surface area contributed by atoms with E-state index in [0.29, 0.717) is 23.3 Å². The lowest BCUT2D eigenvalue weighted by molar-refractivity contribution is -0.111. The summed E-state index contributed by atoms with van der Waals surface area (Å²) in [5, 5.41) is 0. The van der Waals surface area contributed by atoms with Gasteiger partial charge in [-0.05, 0) is 30.5 Å². The third-order valence-electron chi connectivity index (χ3n) is 5.51. The van der Waals surface area contributed by atoms with Gasteiger partial charge in [0.2, 0.25) is 0 Å². The lowest BCUT2D eigenvalue weighted by Crippen LogP contribution is -2.14. The molecule has 0 heterocycles. The number of Topliss-reactive ketones (excluding diaryl/α,β-unsaturated/α-hetero) is 1. The minimum atomic E-state index is -0.736. The average molecular weight is 502 g/mol. The zero-order valence-electron chi connectivity index (χ0n) is 19.5. The second-order valence-corrected chi connectivity index (χ2v) is 9.05. The van der Waals surface area contributed by atoms with Crippen LogP contribution >= 0.6 is 15.9 Å². The number of halogens is 1. The first-order valence-electron chi connectivity index (χ1n) is 11.8. The summed E-state index contributed by atoms with van der Waals surface area (Å²) in [6.45, 7) is 4.43. The first-order valence-corrected chi connectivity index (χ1v) is 12.6. The van der Waals surface area contributed by atoms with Crippen molar-refractivity contribution in [1.29, 1.82) is 0 Å². The van der Waals surface area contributed by atoms with Gasteiger partial charge >= 0.3 is 0 Å². The van der Waals surface area contributed by atoms with Crippen LogP contribution in [-0.4, -0.2) is 18.4 Å². The Hall–Kier alpha value is -2.07. The van der Waals surface area contributed by atoms with Crippen molar-refractivity contribution in [3.05, 3.63) is 70.2 Å². The third kappa shape index (κ3) is 11.0. The summed E-state index contributed by atoms with van der Waals surface area (Å²) in [5.74, 6) is -0.563. The summed E-state index contributed by atoms with van der Waals surface area (Å²) >= 11 is 3.33. The lowest BCUT2D eigenvalue weighted by atomic mass is 9.92. The normalized spacial score (nSPS) is 12.2. The molecule has 0 aliphatic carbocycles. The molecule has 0 bridgehead atoms. The van der Waals surface area contributed by atoms with Gasteiger partial charge in [-0.1, -0.05) is 117 Å². The second-order valence-electron chi connectivity index (χ2n) is 8.14. The third-order valence-corrected chi connectivity index (χ3v) is 6.03. The molecule has 0 fully saturated rings. The first kappa shape index (κ1) is 28.0. The number of hydrogen-bond donors (Lipinski definition) is 0. The summed E-state index contributed by atoms with van der Waals surface area (Å²) in [5.41, 5.74) is 1.26. The van der Waals surface area contributed by atoms with Crippen LogP contribution in [0, 0.1) is 5.92 Å². The Labute approximate surface area is 202 Å². The molecule has 0 aliphatic rings. The molecule has 2 aromatic rings. The fourth-order valence-corrected chi connectivity index (χ4v) is 3.78. The van der Waals surface area contributed by atoms with Gasteiger partial charge in [0.25, 0.3) is 0 Å². The molecule has 0 aliphatic heterocycles. The van der Waals surface area contributed by atoms with Crippen LogP contribution in [0.2, 0.25) is 0 Å². The highest BCUT2D eigenvalue weighted by Crippen LogP contribution is 2.21. The number of carbonyl (C=O) groups excluding carboxylic acids is 3. The second kappa shape index (κ2) is 17.5. The summed E-state index contributed by atoms with van der Waals surface area (Å²) in [6.07, 6.45) is 13.0. The van der Waals surface area contributed by atoms with Gasteiger partial charge in [-0.3, -0.25) is 4.79 Å². The van der Waals surface area contributed by atoms with Gasteiger partial charge in [0.15, 0.2) is 5.78 Å². The molecule has 3 nitrogen and oxygen atoms in total. The number of ketones is 1. The highest BCUT2D eigenvalue weighted by molar-refractivity contribution is 9.10. The first-order chi connectivity index (χ1) is 15.6. The zero-order valence-corrected chi connectivity index (χ0v) is 21.1. The molecule has 2 rings (SSSR count). The molecule has 174 valence electrons. The molecule has 2 unspecified atom stereocenters. The van der Waals surface area contributed by atoms with Gasteiger partial charge in [-0.25, -0.2) is 0 Å². The van der Waals surface area contributed by atoms with Crippen LogP contribution in [-0.2, 0) is 9.59 Å². The number of benzene rings is 2. The summed E-state index contributed by atoms with van der Waals surface area (Å²) in [7, 11) is 0. The summed E-state index contributed by atoms with van der Waals surface area (Å²) in [4.78, 5) is 34.2. The molecule has 0 spiro atoms. The van der Waals surface area contributed by atoms with E-state index < -0.39 is 5.92 Å². The fraction of sp³-hybridized carbons (Fsp3) is 0.464. The van der Waals surface area contributed by atoms with Gasteiger partial charge < -0.3 is 9.59 Å². The number of carbonyl (C=O) groups is 3. The fourth-order valence-electron chi connectivity index (χ4n) is 3.51. The van der Waals surface area contributed by atoms with Crippen molar-refractivity contribution in [3.63, 3.8) is 0 Å². The van der Waals surface area contributed by atoms with Crippen molar-refractivity contribution in [2.45, 2.75) is 77.6 Å². The van der Waals surface area contributed by atoms with E-state index in [-0.39, 0.29) is 5.78 Å². The standard InChI is InChI=1S/C15H11BrO2.C13H26O/c16-13-8-6-11(7-9-13)14(10-17)15(18)12-4-2-1-3-5-12;1-3-5-7-9-11-13(12-14)10-8-6-4-2/h1-10,14H;12-13H,3-11H2,1-2H3. The summed E-state index contributed by atoms with van der Waals surface area (Å²) < 4.78 is 0.919. The van der Waals surface area contributed by atoms with Crippen molar-refractivity contribution in [3.8, 4) is 0 Å². The molecule has 0 saturated heterocycles. The highest BCUT2D eigenvalue weighted by Gasteiger charge is 2.21. The molecular formula is C28H37BrO3. The van der Waals surface area contributed by atoms with Crippen LogP contribution in [0.1, 0.15) is 93.5 Å². The van der Waals surface area contributed by atoms with Gasteiger partial charge in [0, 0.05) is 16.0 Å². The summed E-state index contributed by atoms with van der Waals surface area (Å²) in [6, 6.07) is 16.1. The van der Waals surface area contributed by atoms with Crippen LogP contribution < -0.4 is 0 Å². The van der Waals surface area contributed by atoms with Crippen molar-refractivity contribution < 1.29 is 14.4 Å². The molecule has 0 amide bonds. The van der Waals surface area contributed by atoms with Crippen LogP contribution in [0.5, 0.6) is 0 Å². The topological polar surface area (TPSA) is 51.2 Å². The van der Waals surface area contributed by atoms with E-state index in [1.54, 1.807) is 36.4 Å². The Balaban J connectivity index is 0.000000333. The maximum atomic E-state index is 12.2. The zero-order chi connectivity index (χ0) is 23.6.